The van der Waals surface area contributed by atoms with E-state index in [0.29, 0.717) is 17.8 Å². The van der Waals surface area contributed by atoms with Gasteiger partial charge in [-0.2, -0.15) is 13.2 Å². The van der Waals surface area contributed by atoms with E-state index in [0.717, 1.165) is 6.07 Å². The second-order valence-corrected chi connectivity index (χ2v) is 4.56. The fraction of sp³-hybridized carbons (Fsp3) is 0.231. The standard InChI is InChI=1S/C13H9ClF4N2O/c1-7-4-11(14)20-12(19-7)6-21-8-2-3-10(15)9(5-8)13(16,17)18/h2-5H,6H2,1H3. The summed E-state index contributed by atoms with van der Waals surface area (Å²) in [6.45, 7) is 1.51. The summed E-state index contributed by atoms with van der Waals surface area (Å²) in [5.41, 5.74) is -0.785. The minimum atomic E-state index is -4.79. The molecule has 1 heterocycles. The van der Waals surface area contributed by atoms with Gasteiger partial charge in [-0.1, -0.05) is 11.6 Å². The molecule has 0 spiro atoms. The Kier molecular flexibility index (Phi) is 4.32. The fourth-order valence-electron chi connectivity index (χ4n) is 1.61. The molecule has 0 saturated heterocycles. The molecule has 0 amide bonds. The molecular formula is C13H9ClF4N2O. The number of aryl methyl sites for hydroxylation is 1. The van der Waals surface area contributed by atoms with Crippen molar-refractivity contribution in [1.82, 2.24) is 9.97 Å². The van der Waals surface area contributed by atoms with Gasteiger partial charge < -0.3 is 4.74 Å². The minimum absolute atomic E-state index is 0.134. The number of nitrogens with zero attached hydrogens (tertiary/aromatic N) is 2. The second kappa shape index (κ2) is 5.85. The Hall–Kier alpha value is -1.89. The normalized spacial score (nSPS) is 11.5. The van der Waals surface area contributed by atoms with Crippen LogP contribution in [0.15, 0.2) is 24.3 Å². The van der Waals surface area contributed by atoms with Crippen molar-refractivity contribution >= 4 is 11.6 Å². The summed E-state index contributed by atoms with van der Waals surface area (Å²) in [5.74, 6) is -1.27. The zero-order valence-corrected chi connectivity index (χ0v) is 11.5. The molecule has 1 aromatic heterocycles. The smallest absolute Gasteiger partial charge is 0.419 e. The van der Waals surface area contributed by atoms with Gasteiger partial charge in [0.1, 0.15) is 23.3 Å². The molecule has 2 aromatic rings. The van der Waals surface area contributed by atoms with Gasteiger partial charge in [-0.15, -0.1) is 0 Å². The summed E-state index contributed by atoms with van der Waals surface area (Å²) >= 11 is 5.73. The van der Waals surface area contributed by atoms with E-state index in [1.807, 2.05) is 0 Å². The first-order valence-electron chi connectivity index (χ1n) is 5.75. The van der Waals surface area contributed by atoms with Crippen molar-refractivity contribution in [2.24, 2.45) is 0 Å². The van der Waals surface area contributed by atoms with Crippen LogP contribution in [0.4, 0.5) is 17.6 Å². The van der Waals surface area contributed by atoms with Gasteiger partial charge in [-0.25, -0.2) is 14.4 Å². The minimum Gasteiger partial charge on any atom is -0.486 e. The lowest BCUT2D eigenvalue weighted by Crippen LogP contribution is -2.09. The van der Waals surface area contributed by atoms with E-state index < -0.39 is 17.6 Å². The summed E-state index contributed by atoms with van der Waals surface area (Å²) in [6, 6.07) is 3.92. The molecule has 1 aromatic carbocycles. The first-order valence-corrected chi connectivity index (χ1v) is 6.13. The van der Waals surface area contributed by atoms with Gasteiger partial charge in [0.2, 0.25) is 0 Å². The molecular weight excluding hydrogens is 312 g/mol. The molecule has 112 valence electrons. The number of alkyl halides is 3. The maximum absolute atomic E-state index is 13.1. The predicted molar refractivity (Wildman–Crippen MR) is 67.5 cm³/mol. The molecule has 21 heavy (non-hydrogen) atoms. The van der Waals surface area contributed by atoms with Gasteiger partial charge in [-0.05, 0) is 31.2 Å². The third-order valence-corrected chi connectivity index (χ3v) is 2.67. The van der Waals surface area contributed by atoms with Crippen LogP contribution in [0, 0.1) is 12.7 Å². The summed E-state index contributed by atoms with van der Waals surface area (Å²) in [5, 5.41) is 0.205. The van der Waals surface area contributed by atoms with Crippen molar-refractivity contribution in [3.8, 4) is 5.75 Å². The van der Waals surface area contributed by atoms with Gasteiger partial charge in [0.15, 0.2) is 5.82 Å². The van der Waals surface area contributed by atoms with E-state index in [9.17, 15) is 17.6 Å². The molecule has 0 saturated carbocycles. The highest BCUT2D eigenvalue weighted by Crippen LogP contribution is 2.33. The molecule has 0 atom stereocenters. The zero-order valence-electron chi connectivity index (χ0n) is 10.7. The molecule has 0 aliphatic rings. The van der Waals surface area contributed by atoms with Crippen molar-refractivity contribution in [3.05, 3.63) is 52.3 Å². The predicted octanol–water partition coefficient (Wildman–Crippen LogP) is 4.18. The third-order valence-electron chi connectivity index (χ3n) is 2.48. The number of ether oxygens (including phenoxy) is 1. The summed E-state index contributed by atoms with van der Waals surface area (Å²) in [7, 11) is 0. The highest BCUT2D eigenvalue weighted by molar-refractivity contribution is 6.29. The highest BCUT2D eigenvalue weighted by Gasteiger charge is 2.34. The Morgan fingerprint density at radius 1 is 1.19 bits per heavy atom. The van der Waals surface area contributed by atoms with Gasteiger partial charge in [0, 0.05) is 5.69 Å². The first kappa shape index (κ1) is 15.5. The van der Waals surface area contributed by atoms with Crippen molar-refractivity contribution in [2.45, 2.75) is 19.7 Å². The molecule has 8 heteroatoms. The van der Waals surface area contributed by atoms with Gasteiger partial charge in [-0.3, -0.25) is 0 Å². The van der Waals surface area contributed by atoms with E-state index in [2.05, 4.69) is 9.97 Å². The number of hydrogen-bond donors (Lipinski definition) is 0. The van der Waals surface area contributed by atoms with Crippen molar-refractivity contribution in [3.63, 3.8) is 0 Å². The average Bonchev–Trinajstić information content (AvgIpc) is 2.35. The molecule has 0 fully saturated rings. The molecule has 0 aliphatic carbocycles. The van der Waals surface area contributed by atoms with Gasteiger partial charge in [0.05, 0.1) is 5.56 Å². The quantitative estimate of drug-likeness (QED) is 0.629. The largest absolute Gasteiger partial charge is 0.486 e. The SMILES string of the molecule is Cc1cc(Cl)nc(COc2ccc(F)c(C(F)(F)F)c2)n1. The Labute approximate surface area is 122 Å². The summed E-state index contributed by atoms with van der Waals surface area (Å²) in [4.78, 5) is 7.89. The lowest BCUT2D eigenvalue weighted by atomic mass is 10.2. The summed E-state index contributed by atoms with van der Waals surface area (Å²) in [6.07, 6.45) is -4.79. The van der Waals surface area contributed by atoms with E-state index >= 15 is 0 Å². The van der Waals surface area contributed by atoms with Crippen LogP contribution in [0.25, 0.3) is 0 Å². The van der Waals surface area contributed by atoms with E-state index in [-0.39, 0.29) is 23.3 Å². The van der Waals surface area contributed by atoms with E-state index in [1.165, 1.54) is 6.07 Å². The molecule has 0 aliphatic heterocycles. The topological polar surface area (TPSA) is 35.0 Å². The van der Waals surface area contributed by atoms with Crippen LogP contribution in [-0.4, -0.2) is 9.97 Å². The van der Waals surface area contributed by atoms with Gasteiger partial charge in [0.25, 0.3) is 0 Å². The van der Waals surface area contributed by atoms with Crippen molar-refractivity contribution in [1.29, 1.82) is 0 Å². The third kappa shape index (κ3) is 4.04. The average molecular weight is 321 g/mol. The maximum atomic E-state index is 13.1. The summed E-state index contributed by atoms with van der Waals surface area (Å²) < 4.78 is 55.9. The van der Waals surface area contributed by atoms with Gasteiger partial charge >= 0.3 is 6.18 Å². The van der Waals surface area contributed by atoms with Crippen LogP contribution in [-0.2, 0) is 12.8 Å². The number of halogens is 5. The molecule has 0 bridgehead atoms. The number of rotatable bonds is 3. The Bertz CT molecular complexity index is 641. The van der Waals surface area contributed by atoms with Crippen LogP contribution < -0.4 is 4.74 Å². The van der Waals surface area contributed by atoms with E-state index in [4.69, 9.17) is 16.3 Å². The number of hydrogen-bond acceptors (Lipinski definition) is 3. The first-order chi connectivity index (χ1) is 9.75. The molecule has 2 rings (SSSR count). The van der Waals surface area contributed by atoms with Crippen LogP contribution in [0.2, 0.25) is 5.15 Å². The highest BCUT2D eigenvalue weighted by atomic mass is 35.5. The monoisotopic (exact) mass is 320 g/mol. The lowest BCUT2D eigenvalue weighted by Gasteiger charge is -2.11. The van der Waals surface area contributed by atoms with Crippen molar-refractivity contribution < 1.29 is 22.3 Å². The van der Waals surface area contributed by atoms with Crippen LogP contribution in [0.5, 0.6) is 5.75 Å². The molecule has 0 N–H and O–H groups in total. The lowest BCUT2D eigenvalue weighted by molar-refractivity contribution is -0.140. The van der Waals surface area contributed by atoms with E-state index in [1.54, 1.807) is 6.92 Å². The van der Waals surface area contributed by atoms with Crippen LogP contribution in [0.1, 0.15) is 17.1 Å². The molecule has 0 unspecified atom stereocenters. The Balaban J connectivity index is 2.17. The zero-order chi connectivity index (χ0) is 15.6. The van der Waals surface area contributed by atoms with Crippen molar-refractivity contribution in [2.75, 3.05) is 0 Å². The molecule has 0 radical (unpaired) electrons. The second-order valence-electron chi connectivity index (χ2n) is 4.18. The van der Waals surface area contributed by atoms with Crippen LogP contribution >= 0.6 is 11.6 Å². The molecule has 3 nitrogen and oxygen atoms in total. The Morgan fingerprint density at radius 2 is 1.90 bits per heavy atom. The van der Waals surface area contributed by atoms with Crippen LogP contribution in [0.3, 0.4) is 0 Å². The fourth-order valence-corrected chi connectivity index (χ4v) is 1.87. The Morgan fingerprint density at radius 3 is 2.52 bits per heavy atom. The number of benzene rings is 1. The number of aromatic nitrogens is 2. The maximum Gasteiger partial charge on any atom is 0.419 e.